The Morgan fingerprint density at radius 3 is 2.29 bits per heavy atom. The van der Waals surface area contributed by atoms with Crippen molar-refractivity contribution in [3.8, 4) is 0 Å². The number of hydrogen-bond donors (Lipinski definition) is 2. The molecule has 7 heteroatoms. The Hall–Kier alpha value is -1.79. The first-order valence-electron chi connectivity index (χ1n) is 7.28. The zero-order chi connectivity index (χ0) is 16.4. The Bertz CT molecular complexity index is 357. The van der Waals surface area contributed by atoms with Crippen LogP contribution in [0.3, 0.4) is 0 Å². The fraction of sp³-hybridized carbons (Fsp3) is 0.786. The third kappa shape index (κ3) is 7.53. The Balaban J connectivity index is 4.71. The summed E-state index contributed by atoms with van der Waals surface area (Å²) in [4.78, 5) is 36.0. The highest BCUT2D eigenvalue weighted by Crippen LogP contribution is 2.05. The minimum atomic E-state index is -1.07. The maximum Gasteiger partial charge on any atom is 0.326 e. The average molecular weight is 302 g/mol. The molecule has 0 unspecified atom stereocenters. The average Bonchev–Trinajstić information content (AvgIpc) is 2.40. The number of amides is 2. The zero-order valence-electron chi connectivity index (χ0n) is 13.2. The number of unbranched alkanes of at least 4 members (excludes halogenated alkanes) is 1. The van der Waals surface area contributed by atoms with E-state index < -0.39 is 24.0 Å². The topological polar surface area (TPSA) is 95.9 Å². The van der Waals surface area contributed by atoms with Crippen LogP contribution in [0.2, 0.25) is 0 Å². The fourth-order valence-corrected chi connectivity index (χ4v) is 1.73. The first kappa shape index (κ1) is 19.2. The summed E-state index contributed by atoms with van der Waals surface area (Å²) < 4.78 is 4.81. The lowest BCUT2D eigenvalue weighted by Gasteiger charge is -2.27. The minimum absolute atomic E-state index is 0.197. The predicted molar refractivity (Wildman–Crippen MR) is 78.0 cm³/mol. The van der Waals surface area contributed by atoms with Crippen LogP contribution in [0.4, 0.5) is 4.79 Å². The molecule has 0 aromatic rings. The Morgan fingerprint density at radius 1 is 1.24 bits per heavy atom. The van der Waals surface area contributed by atoms with Gasteiger partial charge >= 0.3 is 18.0 Å². The van der Waals surface area contributed by atoms with Crippen LogP contribution >= 0.6 is 0 Å². The number of nitrogens with zero attached hydrogens (tertiary/aromatic N) is 1. The molecule has 122 valence electrons. The summed E-state index contributed by atoms with van der Waals surface area (Å²) in [7, 11) is 0. The third-order valence-electron chi connectivity index (χ3n) is 2.93. The van der Waals surface area contributed by atoms with Crippen molar-refractivity contribution in [2.75, 3.05) is 13.2 Å². The highest BCUT2D eigenvalue weighted by atomic mass is 16.5. The normalized spacial score (nSPS) is 11.9. The van der Waals surface area contributed by atoms with Gasteiger partial charge in [0.25, 0.3) is 0 Å². The molecule has 0 heterocycles. The van der Waals surface area contributed by atoms with Crippen LogP contribution in [0.25, 0.3) is 0 Å². The second kappa shape index (κ2) is 10.0. The number of carbonyl (C=O) groups is 3. The van der Waals surface area contributed by atoms with E-state index in [0.717, 1.165) is 6.42 Å². The predicted octanol–water partition coefficient (Wildman–Crippen LogP) is 1.61. The summed E-state index contributed by atoms with van der Waals surface area (Å²) >= 11 is 0. The molecular weight excluding hydrogens is 276 g/mol. The number of rotatable bonds is 9. The number of nitrogens with one attached hydrogen (secondary N) is 1. The molecular formula is C14H26N2O5. The van der Waals surface area contributed by atoms with Gasteiger partial charge in [0.05, 0.1) is 6.61 Å². The van der Waals surface area contributed by atoms with Crippen LogP contribution in [0.15, 0.2) is 0 Å². The van der Waals surface area contributed by atoms with Gasteiger partial charge in [-0.2, -0.15) is 0 Å². The number of hydrogen-bond acceptors (Lipinski definition) is 4. The van der Waals surface area contributed by atoms with Crippen molar-refractivity contribution in [3.05, 3.63) is 0 Å². The summed E-state index contributed by atoms with van der Waals surface area (Å²) in [6.07, 6.45) is 1.91. The molecule has 0 saturated carbocycles. The summed E-state index contributed by atoms with van der Waals surface area (Å²) in [5, 5.41) is 11.6. The Morgan fingerprint density at radius 2 is 1.86 bits per heavy atom. The molecule has 7 nitrogen and oxygen atoms in total. The van der Waals surface area contributed by atoms with Crippen molar-refractivity contribution in [3.63, 3.8) is 0 Å². The van der Waals surface area contributed by atoms with Crippen molar-refractivity contribution in [2.24, 2.45) is 0 Å². The Labute approximate surface area is 125 Å². The molecule has 0 bridgehead atoms. The van der Waals surface area contributed by atoms with E-state index in [1.807, 2.05) is 6.92 Å². The van der Waals surface area contributed by atoms with Crippen LogP contribution in [0.5, 0.6) is 0 Å². The van der Waals surface area contributed by atoms with Crippen molar-refractivity contribution >= 4 is 18.0 Å². The van der Waals surface area contributed by atoms with Gasteiger partial charge in [-0.25, -0.2) is 9.59 Å². The number of carbonyl (C=O) groups excluding carboxylic acids is 2. The van der Waals surface area contributed by atoms with Crippen LogP contribution in [-0.2, 0) is 14.3 Å². The lowest BCUT2D eigenvalue weighted by atomic mass is 10.1. The smallest absolute Gasteiger partial charge is 0.326 e. The molecule has 2 N–H and O–H groups in total. The largest absolute Gasteiger partial charge is 0.480 e. The molecule has 0 aromatic heterocycles. The lowest BCUT2D eigenvalue weighted by molar-refractivity contribution is -0.144. The molecule has 0 aliphatic heterocycles. The third-order valence-corrected chi connectivity index (χ3v) is 2.93. The van der Waals surface area contributed by atoms with E-state index in [4.69, 9.17) is 9.84 Å². The maximum atomic E-state index is 12.1. The number of urea groups is 1. The van der Waals surface area contributed by atoms with Gasteiger partial charge in [0.15, 0.2) is 0 Å². The van der Waals surface area contributed by atoms with Crippen molar-refractivity contribution in [1.29, 1.82) is 0 Å². The van der Waals surface area contributed by atoms with Crippen LogP contribution in [-0.4, -0.2) is 53.2 Å². The molecule has 21 heavy (non-hydrogen) atoms. The molecule has 0 fully saturated rings. The molecule has 0 spiro atoms. The van der Waals surface area contributed by atoms with E-state index in [9.17, 15) is 14.4 Å². The summed E-state index contributed by atoms with van der Waals surface area (Å²) in [5.41, 5.74) is 0. The monoisotopic (exact) mass is 302 g/mol. The maximum absolute atomic E-state index is 12.1. The standard InChI is InChI=1S/C14H26N2O5/c1-5-7-8-11(13(18)19)15-14(20)16(10(3)4)9-12(17)21-6-2/h10-11H,5-9H2,1-4H3,(H,15,20)(H,18,19)/t11-/m0/s1. The van der Waals surface area contributed by atoms with Gasteiger partial charge in [-0.05, 0) is 27.2 Å². The SMILES string of the molecule is CCCC[C@H](NC(=O)N(CC(=O)OCC)C(C)C)C(=O)O. The molecule has 2 amide bonds. The molecule has 0 saturated heterocycles. The zero-order valence-corrected chi connectivity index (χ0v) is 13.2. The Kier molecular flexibility index (Phi) is 9.16. The van der Waals surface area contributed by atoms with Crippen molar-refractivity contribution < 1.29 is 24.2 Å². The number of aliphatic carboxylic acids is 1. The highest BCUT2D eigenvalue weighted by molar-refractivity contribution is 5.85. The minimum Gasteiger partial charge on any atom is -0.480 e. The van der Waals surface area contributed by atoms with Crippen molar-refractivity contribution in [1.82, 2.24) is 10.2 Å². The van der Waals surface area contributed by atoms with Gasteiger partial charge in [-0.3, -0.25) is 4.79 Å². The van der Waals surface area contributed by atoms with E-state index in [1.165, 1.54) is 4.90 Å². The first-order valence-corrected chi connectivity index (χ1v) is 7.28. The highest BCUT2D eigenvalue weighted by Gasteiger charge is 2.25. The van der Waals surface area contributed by atoms with E-state index in [2.05, 4.69) is 5.32 Å². The van der Waals surface area contributed by atoms with Gasteiger partial charge in [0.1, 0.15) is 12.6 Å². The quantitative estimate of drug-likeness (QED) is 0.631. The van der Waals surface area contributed by atoms with Crippen molar-refractivity contribution in [2.45, 2.75) is 59.0 Å². The fourth-order valence-electron chi connectivity index (χ4n) is 1.73. The summed E-state index contributed by atoms with van der Waals surface area (Å²) in [5.74, 6) is -1.58. The van der Waals surface area contributed by atoms with Gasteiger partial charge < -0.3 is 20.1 Å². The van der Waals surface area contributed by atoms with E-state index in [0.29, 0.717) is 12.8 Å². The first-order chi connectivity index (χ1) is 9.83. The second-order valence-corrected chi connectivity index (χ2v) is 5.01. The number of carboxylic acid groups (broad SMARTS) is 1. The van der Waals surface area contributed by atoms with Crippen LogP contribution in [0.1, 0.15) is 47.0 Å². The molecule has 0 radical (unpaired) electrons. The van der Waals surface area contributed by atoms with Gasteiger partial charge in [-0.1, -0.05) is 19.8 Å². The molecule has 0 rings (SSSR count). The van der Waals surface area contributed by atoms with Gasteiger partial charge in [0, 0.05) is 6.04 Å². The van der Waals surface area contributed by atoms with Gasteiger partial charge in [-0.15, -0.1) is 0 Å². The molecule has 1 atom stereocenters. The van der Waals surface area contributed by atoms with Gasteiger partial charge in [0.2, 0.25) is 0 Å². The number of carboxylic acids is 1. The molecule has 0 aromatic carbocycles. The molecule has 0 aliphatic rings. The van der Waals surface area contributed by atoms with Crippen LogP contribution in [0, 0.1) is 0 Å². The lowest BCUT2D eigenvalue weighted by Crippen LogP contribution is -2.51. The van der Waals surface area contributed by atoms with E-state index in [1.54, 1.807) is 20.8 Å². The second-order valence-electron chi connectivity index (χ2n) is 5.01. The summed E-state index contributed by atoms with van der Waals surface area (Å²) in [6, 6.07) is -1.75. The molecule has 0 aliphatic carbocycles. The van der Waals surface area contributed by atoms with E-state index >= 15 is 0 Å². The number of esters is 1. The van der Waals surface area contributed by atoms with E-state index in [-0.39, 0.29) is 19.2 Å². The summed E-state index contributed by atoms with van der Waals surface area (Å²) in [6.45, 7) is 7.17. The number of ether oxygens (including phenoxy) is 1. The van der Waals surface area contributed by atoms with Crippen LogP contribution < -0.4 is 5.32 Å².